The van der Waals surface area contributed by atoms with E-state index in [0.29, 0.717) is 0 Å². The Morgan fingerprint density at radius 3 is 2.75 bits per heavy atom. The molecule has 1 heterocycles. The van der Waals surface area contributed by atoms with E-state index < -0.39 is 11.8 Å². The predicted octanol–water partition coefficient (Wildman–Crippen LogP) is 2.17. The van der Waals surface area contributed by atoms with Crippen LogP contribution in [0.4, 0.5) is 10.1 Å². The van der Waals surface area contributed by atoms with Crippen molar-refractivity contribution in [2.24, 2.45) is 0 Å². The first-order valence-corrected chi connectivity index (χ1v) is 5.37. The molecular formula is C13H8FN3O3. The van der Waals surface area contributed by atoms with Gasteiger partial charge in [0.15, 0.2) is 0 Å². The SMILES string of the molecule is N#Cc1ccc(Oc2ncc(C(=O)O)cc2N)cc1F. The van der Waals surface area contributed by atoms with Crippen LogP contribution in [0.1, 0.15) is 15.9 Å². The van der Waals surface area contributed by atoms with Crippen molar-refractivity contribution in [3.63, 3.8) is 0 Å². The maximum absolute atomic E-state index is 13.4. The van der Waals surface area contributed by atoms with Gasteiger partial charge in [-0.2, -0.15) is 5.26 Å². The van der Waals surface area contributed by atoms with Crippen LogP contribution in [0.15, 0.2) is 30.5 Å². The number of pyridine rings is 1. The number of nitrogens with two attached hydrogens (primary N) is 1. The summed E-state index contributed by atoms with van der Waals surface area (Å²) in [7, 11) is 0. The molecule has 3 N–H and O–H groups in total. The number of rotatable bonds is 3. The highest BCUT2D eigenvalue weighted by atomic mass is 19.1. The molecule has 100 valence electrons. The molecule has 0 amide bonds. The molecule has 6 nitrogen and oxygen atoms in total. The molecule has 0 aliphatic rings. The van der Waals surface area contributed by atoms with Crippen molar-refractivity contribution >= 4 is 11.7 Å². The van der Waals surface area contributed by atoms with Crippen molar-refractivity contribution in [2.45, 2.75) is 0 Å². The molecule has 0 aliphatic carbocycles. The van der Waals surface area contributed by atoms with Crippen LogP contribution in [0, 0.1) is 17.1 Å². The Labute approximate surface area is 112 Å². The first-order valence-electron chi connectivity index (χ1n) is 5.37. The summed E-state index contributed by atoms with van der Waals surface area (Å²) in [6.07, 6.45) is 1.08. The molecule has 2 rings (SSSR count). The van der Waals surface area contributed by atoms with E-state index in [1.165, 1.54) is 18.2 Å². The van der Waals surface area contributed by atoms with Crippen molar-refractivity contribution in [3.8, 4) is 17.7 Å². The van der Waals surface area contributed by atoms with Gasteiger partial charge in [-0.1, -0.05) is 0 Å². The van der Waals surface area contributed by atoms with E-state index >= 15 is 0 Å². The summed E-state index contributed by atoms with van der Waals surface area (Å²) in [5.74, 6) is -1.84. The number of carbonyl (C=O) groups is 1. The number of aromatic carboxylic acids is 1. The summed E-state index contributed by atoms with van der Waals surface area (Å²) < 4.78 is 18.6. The summed E-state index contributed by atoms with van der Waals surface area (Å²) in [5.41, 5.74) is 5.42. The first kappa shape index (κ1) is 13.3. The number of anilines is 1. The van der Waals surface area contributed by atoms with E-state index in [1.54, 1.807) is 6.07 Å². The van der Waals surface area contributed by atoms with E-state index in [1.807, 2.05) is 0 Å². The highest BCUT2D eigenvalue weighted by Gasteiger charge is 2.10. The van der Waals surface area contributed by atoms with Gasteiger partial charge in [-0.05, 0) is 18.2 Å². The summed E-state index contributed by atoms with van der Waals surface area (Å²) in [6.45, 7) is 0. The van der Waals surface area contributed by atoms with Gasteiger partial charge in [-0.15, -0.1) is 0 Å². The Bertz CT molecular complexity index is 725. The molecule has 1 aromatic carbocycles. The second-order valence-corrected chi connectivity index (χ2v) is 3.78. The van der Waals surface area contributed by atoms with Crippen molar-refractivity contribution in [3.05, 3.63) is 47.4 Å². The molecule has 2 aromatic rings. The van der Waals surface area contributed by atoms with E-state index in [0.717, 1.165) is 12.3 Å². The molecule has 0 unspecified atom stereocenters. The lowest BCUT2D eigenvalue weighted by atomic mass is 10.2. The molecule has 7 heteroatoms. The van der Waals surface area contributed by atoms with Gasteiger partial charge in [-0.3, -0.25) is 0 Å². The number of nitrogens with zero attached hydrogens (tertiary/aromatic N) is 2. The minimum Gasteiger partial charge on any atom is -0.478 e. The normalized spacial score (nSPS) is 9.80. The Kier molecular flexibility index (Phi) is 3.48. The van der Waals surface area contributed by atoms with Crippen LogP contribution >= 0.6 is 0 Å². The molecule has 20 heavy (non-hydrogen) atoms. The number of ether oxygens (including phenoxy) is 1. The Morgan fingerprint density at radius 2 is 2.20 bits per heavy atom. The van der Waals surface area contributed by atoms with E-state index in [9.17, 15) is 9.18 Å². The number of hydrogen-bond donors (Lipinski definition) is 2. The average molecular weight is 273 g/mol. The predicted molar refractivity (Wildman–Crippen MR) is 66.8 cm³/mol. The fraction of sp³-hybridized carbons (Fsp3) is 0. The van der Waals surface area contributed by atoms with Crippen LogP contribution in [0.25, 0.3) is 0 Å². The van der Waals surface area contributed by atoms with Crippen molar-refractivity contribution in [1.29, 1.82) is 5.26 Å². The third-order valence-electron chi connectivity index (χ3n) is 2.40. The average Bonchev–Trinajstić information content (AvgIpc) is 2.41. The van der Waals surface area contributed by atoms with Gasteiger partial charge in [0, 0.05) is 12.3 Å². The summed E-state index contributed by atoms with van der Waals surface area (Å²) in [6, 6.07) is 6.52. The molecule has 0 saturated carbocycles. The van der Waals surface area contributed by atoms with E-state index in [2.05, 4.69) is 4.98 Å². The highest BCUT2D eigenvalue weighted by Crippen LogP contribution is 2.26. The molecular weight excluding hydrogens is 265 g/mol. The van der Waals surface area contributed by atoms with E-state index in [-0.39, 0.29) is 28.4 Å². The smallest absolute Gasteiger partial charge is 0.337 e. The van der Waals surface area contributed by atoms with Crippen LogP contribution in [0.2, 0.25) is 0 Å². The molecule has 0 aliphatic heterocycles. The third kappa shape index (κ3) is 2.64. The summed E-state index contributed by atoms with van der Waals surface area (Å²) in [5, 5.41) is 17.4. The van der Waals surface area contributed by atoms with Crippen LogP contribution in [-0.4, -0.2) is 16.1 Å². The second kappa shape index (κ2) is 5.24. The minimum atomic E-state index is -1.17. The molecule has 0 atom stereocenters. The number of nitrogen functional groups attached to an aromatic ring is 1. The van der Waals surface area contributed by atoms with Crippen molar-refractivity contribution in [2.75, 3.05) is 5.73 Å². The number of carboxylic acids is 1. The van der Waals surface area contributed by atoms with E-state index in [4.69, 9.17) is 20.8 Å². The largest absolute Gasteiger partial charge is 0.478 e. The summed E-state index contributed by atoms with van der Waals surface area (Å²) in [4.78, 5) is 14.5. The Hall–Kier alpha value is -3.14. The zero-order valence-corrected chi connectivity index (χ0v) is 10.0. The fourth-order valence-electron chi connectivity index (χ4n) is 1.43. The third-order valence-corrected chi connectivity index (χ3v) is 2.40. The standard InChI is InChI=1S/C13H8FN3O3/c14-10-4-9(2-1-7(10)5-15)20-12-11(16)3-8(6-17-12)13(18)19/h1-4,6H,16H2,(H,18,19). The lowest BCUT2D eigenvalue weighted by Crippen LogP contribution is -2.02. The number of halogens is 1. The van der Waals surface area contributed by atoms with Gasteiger partial charge in [0.2, 0.25) is 5.88 Å². The van der Waals surface area contributed by atoms with Crippen LogP contribution in [0.3, 0.4) is 0 Å². The monoisotopic (exact) mass is 273 g/mol. The topological polar surface area (TPSA) is 109 Å². The van der Waals surface area contributed by atoms with Crippen molar-refractivity contribution in [1.82, 2.24) is 4.98 Å². The number of nitriles is 1. The number of hydrogen-bond acceptors (Lipinski definition) is 5. The zero-order valence-electron chi connectivity index (χ0n) is 10.0. The van der Waals surface area contributed by atoms with Gasteiger partial charge < -0.3 is 15.6 Å². The van der Waals surface area contributed by atoms with Gasteiger partial charge in [-0.25, -0.2) is 14.2 Å². The van der Waals surface area contributed by atoms with Crippen LogP contribution in [-0.2, 0) is 0 Å². The highest BCUT2D eigenvalue weighted by molar-refractivity contribution is 5.88. The lowest BCUT2D eigenvalue weighted by molar-refractivity contribution is 0.0696. The van der Waals surface area contributed by atoms with Crippen molar-refractivity contribution < 1.29 is 19.0 Å². The lowest BCUT2D eigenvalue weighted by Gasteiger charge is -2.08. The fourth-order valence-corrected chi connectivity index (χ4v) is 1.43. The number of benzene rings is 1. The Balaban J connectivity index is 2.29. The number of carboxylic acid groups (broad SMARTS) is 1. The van der Waals surface area contributed by atoms with Crippen LogP contribution in [0.5, 0.6) is 11.6 Å². The molecule has 0 spiro atoms. The maximum Gasteiger partial charge on any atom is 0.337 e. The Morgan fingerprint density at radius 1 is 1.45 bits per heavy atom. The molecule has 1 aromatic heterocycles. The molecule has 0 radical (unpaired) electrons. The molecule has 0 saturated heterocycles. The van der Waals surface area contributed by atoms with Gasteiger partial charge >= 0.3 is 5.97 Å². The summed E-state index contributed by atoms with van der Waals surface area (Å²) >= 11 is 0. The second-order valence-electron chi connectivity index (χ2n) is 3.78. The number of aromatic nitrogens is 1. The van der Waals surface area contributed by atoms with Gasteiger partial charge in [0.1, 0.15) is 17.6 Å². The van der Waals surface area contributed by atoms with Gasteiger partial charge in [0.25, 0.3) is 0 Å². The van der Waals surface area contributed by atoms with Crippen LogP contribution < -0.4 is 10.5 Å². The van der Waals surface area contributed by atoms with Gasteiger partial charge in [0.05, 0.1) is 16.8 Å². The molecule has 0 fully saturated rings. The maximum atomic E-state index is 13.4. The first-order chi connectivity index (χ1) is 9.51. The molecule has 0 bridgehead atoms. The zero-order chi connectivity index (χ0) is 14.7. The quantitative estimate of drug-likeness (QED) is 0.886. The minimum absolute atomic E-state index is 0.00895.